The van der Waals surface area contributed by atoms with Crippen molar-refractivity contribution in [1.29, 1.82) is 0 Å². The van der Waals surface area contributed by atoms with Gasteiger partial charge in [0.1, 0.15) is 17.3 Å². The second-order valence-corrected chi connectivity index (χ2v) is 3.64. The minimum absolute atomic E-state index is 0.0794. The van der Waals surface area contributed by atoms with Crippen LogP contribution in [0.15, 0.2) is 41.3 Å². The molecule has 0 atom stereocenters. The monoisotopic (exact) mass is 234 g/mol. The highest BCUT2D eigenvalue weighted by molar-refractivity contribution is 5.48. The molecule has 3 N–H and O–H groups in total. The normalized spacial score (nSPS) is 10.4. The van der Waals surface area contributed by atoms with E-state index in [4.69, 9.17) is 5.73 Å². The number of aromatic nitrogens is 1. The highest BCUT2D eigenvalue weighted by Gasteiger charge is 2.07. The van der Waals surface area contributed by atoms with Gasteiger partial charge in [-0.25, -0.2) is 4.39 Å². The van der Waals surface area contributed by atoms with E-state index in [-0.39, 0.29) is 23.8 Å². The van der Waals surface area contributed by atoms with Crippen molar-refractivity contribution in [2.75, 3.05) is 5.73 Å². The SMILES string of the molecule is Nc1c(O)ccn(Cc2ccccc2F)c1=O. The lowest BCUT2D eigenvalue weighted by molar-refractivity contribution is 0.474. The summed E-state index contributed by atoms with van der Waals surface area (Å²) in [4.78, 5) is 11.7. The van der Waals surface area contributed by atoms with E-state index in [0.29, 0.717) is 5.56 Å². The third kappa shape index (κ3) is 2.13. The van der Waals surface area contributed by atoms with Crippen LogP contribution < -0.4 is 11.3 Å². The van der Waals surface area contributed by atoms with E-state index >= 15 is 0 Å². The van der Waals surface area contributed by atoms with Crippen LogP contribution in [0.25, 0.3) is 0 Å². The molecule has 1 heterocycles. The first-order valence-corrected chi connectivity index (χ1v) is 5.01. The van der Waals surface area contributed by atoms with Gasteiger partial charge in [0.15, 0.2) is 0 Å². The molecule has 0 spiro atoms. The Kier molecular flexibility index (Phi) is 2.82. The van der Waals surface area contributed by atoms with Crippen molar-refractivity contribution in [2.24, 2.45) is 0 Å². The van der Waals surface area contributed by atoms with Crippen LogP contribution in [-0.2, 0) is 6.54 Å². The number of nitrogens with two attached hydrogens (primary N) is 1. The molecule has 0 aliphatic rings. The molecule has 0 amide bonds. The van der Waals surface area contributed by atoms with E-state index in [1.54, 1.807) is 18.2 Å². The fourth-order valence-electron chi connectivity index (χ4n) is 1.52. The minimum Gasteiger partial charge on any atom is -0.506 e. The van der Waals surface area contributed by atoms with Gasteiger partial charge < -0.3 is 15.4 Å². The molecule has 0 aliphatic heterocycles. The van der Waals surface area contributed by atoms with Crippen molar-refractivity contribution >= 4 is 5.69 Å². The van der Waals surface area contributed by atoms with Gasteiger partial charge in [0.25, 0.3) is 5.56 Å². The summed E-state index contributed by atoms with van der Waals surface area (Å²) in [6.45, 7) is 0.0794. The van der Waals surface area contributed by atoms with Crippen LogP contribution in [0, 0.1) is 5.82 Å². The maximum Gasteiger partial charge on any atom is 0.277 e. The van der Waals surface area contributed by atoms with Gasteiger partial charge in [0.05, 0.1) is 6.54 Å². The zero-order valence-electron chi connectivity index (χ0n) is 8.93. The molecule has 1 aromatic heterocycles. The van der Waals surface area contributed by atoms with Crippen LogP contribution >= 0.6 is 0 Å². The van der Waals surface area contributed by atoms with Crippen molar-refractivity contribution in [2.45, 2.75) is 6.54 Å². The van der Waals surface area contributed by atoms with Crippen molar-refractivity contribution in [1.82, 2.24) is 4.57 Å². The Bertz CT molecular complexity index is 608. The van der Waals surface area contributed by atoms with Crippen molar-refractivity contribution in [3.05, 3.63) is 58.3 Å². The number of rotatable bonds is 2. The molecule has 0 saturated heterocycles. The van der Waals surface area contributed by atoms with Gasteiger partial charge in [-0.1, -0.05) is 18.2 Å². The number of aromatic hydroxyl groups is 1. The average Bonchev–Trinajstić information content (AvgIpc) is 2.32. The summed E-state index contributed by atoms with van der Waals surface area (Å²) in [6, 6.07) is 7.48. The number of anilines is 1. The number of benzene rings is 1. The lowest BCUT2D eigenvalue weighted by Gasteiger charge is -2.08. The van der Waals surface area contributed by atoms with E-state index in [1.807, 2.05) is 0 Å². The molecule has 0 radical (unpaired) electrons. The first-order chi connectivity index (χ1) is 8.09. The number of pyridine rings is 1. The van der Waals surface area contributed by atoms with E-state index in [1.165, 1.54) is 22.9 Å². The molecule has 0 unspecified atom stereocenters. The van der Waals surface area contributed by atoms with E-state index < -0.39 is 5.56 Å². The maximum absolute atomic E-state index is 13.4. The molecule has 88 valence electrons. The van der Waals surface area contributed by atoms with Crippen molar-refractivity contribution in [3.63, 3.8) is 0 Å². The van der Waals surface area contributed by atoms with Gasteiger partial charge >= 0.3 is 0 Å². The molecule has 4 nitrogen and oxygen atoms in total. The van der Waals surface area contributed by atoms with Gasteiger partial charge in [-0.2, -0.15) is 0 Å². The van der Waals surface area contributed by atoms with E-state index in [2.05, 4.69) is 0 Å². The Balaban J connectivity index is 2.41. The Labute approximate surface area is 96.7 Å². The molecule has 0 saturated carbocycles. The second kappa shape index (κ2) is 4.29. The summed E-state index contributed by atoms with van der Waals surface area (Å²) in [5.74, 6) is -0.647. The maximum atomic E-state index is 13.4. The fraction of sp³-hybridized carbons (Fsp3) is 0.0833. The molecule has 17 heavy (non-hydrogen) atoms. The zero-order valence-corrected chi connectivity index (χ0v) is 8.93. The summed E-state index contributed by atoms with van der Waals surface area (Å²) in [6.07, 6.45) is 1.38. The molecular weight excluding hydrogens is 223 g/mol. The number of nitrogen functional groups attached to an aromatic ring is 1. The smallest absolute Gasteiger partial charge is 0.277 e. The number of hydrogen-bond donors (Lipinski definition) is 2. The van der Waals surface area contributed by atoms with Crippen molar-refractivity contribution < 1.29 is 9.50 Å². The summed E-state index contributed by atoms with van der Waals surface area (Å²) in [7, 11) is 0. The first kappa shape index (κ1) is 11.2. The summed E-state index contributed by atoms with van der Waals surface area (Å²) in [5.41, 5.74) is 5.02. The van der Waals surface area contributed by atoms with E-state index in [9.17, 15) is 14.3 Å². The fourth-order valence-corrected chi connectivity index (χ4v) is 1.52. The molecule has 1 aromatic carbocycles. The quantitative estimate of drug-likeness (QED) is 0.823. The van der Waals surface area contributed by atoms with Gasteiger partial charge in [-0.3, -0.25) is 4.79 Å². The van der Waals surface area contributed by atoms with Crippen LogP contribution in [0.4, 0.5) is 10.1 Å². The van der Waals surface area contributed by atoms with Gasteiger partial charge in [0, 0.05) is 11.8 Å². The number of halogens is 1. The molecule has 2 aromatic rings. The molecule has 5 heteroatoms. The van der Waals surface area contributed by atoms with Crippen LogP contribution in [0.3, 0.4) is 0 Å². The predicted octanol–water partition coefficient (Wildman–Crippen LogP) is 1.32. The summed E-state index contributed by atoms with van der Waals surface area (Å²) >= 11 is 0. The summed E-state index contributed by atoms with van der Waals surface area (Å²) in [5, 5.41) is 9.23. The van der Waals surface area contributed by atoms with Crippen LogP contribution in [0.2, 0.25) is 0 Å². The molecule has 0 fully saturated rings. The third-order valence-electron chi connectivity index (χ3n) is 2.48. The largest absolute Gasteiger partial charge is 0.506 e. The second-order valence-electron chi connectivity index (χ2n) is 3.64. The number of hydrogen-bond acceptors (Lipinski definition) is 3. The molecule has 0 aliphatic carbocycles. The van der Waals surface area contributed by atoms with Crippen LogP contribution in [0.5, 0.6) is 5.75 Å². The average molecular weight is 234 g/mol. The van der Waals surface area contributed by atoms with Crippen LogP contribution in [0.1, 0.15) is 5.56 Å². The van der Waals surface area contributed by atoms with Crippen LogP contribution in [-0.4, -0.2) is 9.67 Å². The molecule has 2 rings (SSSR count). The topological polar surface area (TPSA) is 68.2 Å². The molecule has 0 bridgehead atoms. The zero-order chi connectivity index (χ0) is 12.4. The first-order valence-electron chi connectivity index (χ1n) is 5.01. The highest BCUT2D eigenvalue weighted by atomic mass is 19.1. The Morgan fingerprint density at radius 1 is 1.29 bits per heavy atom. The third-order valence-corrected chi connectivity index (χ3v) is 2.48. The molecular formula is C12H11FN2O2. The lowest BCUT2D eigenvalue weighted by Crippen LogP contribution is -2.23. The van der Waals surface area contributed by atoms with Gasteiger partial charge in [0.2, 0.25) is 0 Å². The summed E-state index contributed by atoms with van der Waals surface area (Å²) < 4.78 is 14.6. The minimum atomic E-state index is -0.534. The van der Waals surface area contributed by atoms with E-state index in [0.717, 1.165) is 0 Å². The van der Waals surface area contributed by atoms with Gasteiger partial charge in [-0.05, 0) is 12.1 Å². The van der Waals surface area contributed by atoms with Crippen molar-refractivity contribution in [3.8, 4) is 5.75 Å². The standard InChI is InChI=1S/C12H11FN2O2/c13-9-4-2-1-3-8(9)7-15-6-5-10(16)11(14)12(15)17/h1-6,16H,7,14H2. The Morgan fingerprint density at radius 3 is 2.71 bits per heavy atom. The Morgan fingerprint density at radius 2 is 2.00 bits per heavy atom. The lowest BCUT2D eigenvalue weighted by atomic mass is 10.2. The number of nitrogens with zero attached hydrogens (tertiary/aromatic N) is 1. The van der Waals surface area contributed by atoms with Gasteiger partial charge in [-0.15, -0.1) is 0 Å². The Hall–Kier alpha value is -2.30. The predicted molar refractivity (Wildman–Crippen MR) is 62.3 cm³/mol. The highest BCUT2D eigenvalue weighted by Crippen LogP contribution is 2.14.